The van der Waals surface area contributed by atoms with Crippen LogP contribution in [0.25, 0.3) is 0 Å². The molecule has 106 valence electrons. The number of hydrogen-bond acceptors (Lipinski definition) is 4. The van der Waals surface area contributed by atoms with E-state index in [-0.39, 0.29) is 0 Å². The zero-order chi connectivity index (χ0) is 13.5. The van der Waals surface area contributed by atoms with Crippen molar-refractivity contribution in [2.24, 2.45) is 0 Å². The number of hydrogen-bond donors (Lipinski definition) is 1. The average molecular weight is 361 g/mol. The zero-order valence-electron chi connectivity index (χ0n) is 11.5. The largest absolute Gasteiger partial charge is 0.503 e. The maximum absolute atomic E-state index is 8.68. The summed E-state index contributed by atoms with van der Waals surface area (Å²) in [7, 11) is 0. The molecular formula is C12H28INO3. The molecule has 1 N–H and O–H groups in total. The van der Waals surface area contributed by atoms with E-state index in [1.165, 1.54) is 58.2 Å². The molecule has 0 bridgehead atoms. The van der Waals surface area contributed by atoms with Gasteiger partial charge in [-0.15, -0.1) is 0 Å². The van der Waals surface area contributed by atoms with E-state index in [1.54, 1.807) is 0 Å². The molecule has 4 nitrogen and oxygen atoms in total. The van der Waals surface area contributed by atoms with Gasteiger partial charge in [-0.1, -0.05) is 40.0 Å². The average Bonchev–Trinajstić information content (AvgIpc) is 2.27. The van der Waals surface area contributed by atoms with Gasteiger partial charge in [0.2, 0.25) is 0 Å². The highest BCUT2D eigenvalue weighted by Crippen LogP contribution is 2.01. The second-order valence-corrected chi connectivity index (χ2v) is 5.25. The lowest BCUT2D eigenvalue weighted by Crippen LogP contribution is -3.98. The Morgan fingerprint density at radius 2 is 1.06 bits per heavy atom. The third-order valence-corrected chi connectivity index (χ3v) is 2.48. The maximum Gasteiger partial charge on any atom is 0.503 e. The molecule has 0 spiro atoms. The van der Waals surface area contributed by atoms with E-state index in [0.29, 0.717) is 0 Å². The molecule has 0 fully saturated rings. The molecule has 0 atom stereocenters. The van der Waals surface area contributed by atoms with E-state index < -0.39 is 21.1 Å². The second-order valence-electron chi connectivity index (χ2n) is 4.10. The molecule has 0 radical (unpaired) electrons. The van der Waals surface area contributed by atoms with Gasteiger partial charge in [0.05, 0.1) is 0 Å². The molecule has 17 heavy (non-hydrogen) atoms. The van der Waals surface area contributed by atoms with E-state index in [0.717, 1.165) is 0 Å². The highest BCUT2D eigenvalue weighted by atomic mass is 127. The maximum atomic E-state index is 8.68. The van der Waals surface area contributed by atoms with Crippen LogP contribution in [0.3, 0.4) is 0 Å². The molecule has 0 unspecified atom stereocenters. The highest BCUT2D eigenvalue weighted by molar-refractivity contribution is 4.57. The van der Waals surface area contributed by atoms with Gasteiger partial charge in [-0.2, -0.15) is 0 Å². The first kappa shape index (κ1) is 19.9. The van der Waals surface area contributed by atoms with Crippen LogP contribution in [-0.2, 0) is 0 Å². The van der Waals surface area contributed by atoms with Crippen LogP contribution in [0.1, 0.15) is 59.3 Å². The molecular weight excluding hydrogens is 333 g/mol. The Balaban J connectivity index is 0. The van der Waals surface area contributed by atoms with Crippen molar-refractivity contribution in [1.82, 2.24) is 4.90 Å². The molecule has 0 aliphatic heterocycles. The highest BCUT2D eigenvalue weighted by Gasteiger charge is 2.01. The lowest BCUT2D eigenvalue weighted by atomic mass is 10.2. The summed E-state index contributed by atoms with van der Waals surface area (Å²) >= 11 is -3.76. The fourth-order valence-corrected chi connectivity index (χ4v) is 1.48. The smallest absolute Gasteiger partial charge is 0.396 e. The lowest BCUT2D eigenvalue weighted by molar-refractivity contribution is -1.63. The van der Waals surface area contributed by atoms with E-state index in [9.17, 15) is 0 Å². The van der Waals surface area contributed by atoms with Gasteiger partial charge in [0.15, 0.2) is 0 Å². The van der Waals surface area contributed by atoms with Crippen molar-refractivity contribution < 1.29 is 31.4 Å². The molecule has 0 aromatic carbocycles. The summed E-state index contributed by atoms with van der Waals surface area (Å²) in [6.45, 7) is 10.8. The van der Waals surface area contributed by atoms with Gasteiger partial charge < -0.3 is 11.8 Å². The lowest BCUT2D eigenvalue weighted by Gasteiger charge is -2.21. The van der Waals surface area contributed by atoms with Gasteiger partial charge in [-0.05, 0) is 42.3 Å². The number of rotatable bonds is 9. The summed E-state index contributed by atoms with van der Waals surface area (Å²) in [6, 6.07) is 0. The standard InChI is InChI=1S/C12H27N.HIO3/c1-4-7-10-13(11-8-5-2)12-9-6-3;2-1(3)4/h4-12H2,1-3H3;2H. The predicted molar refractivity (Wildman–Crippen MR) is 63.4 cm³/mol. The normalized spacial score (nSPS) is 10.6. The van der Waals surface area contributed by atoms with E-state index in [1.807, 2.05) is 0 Å². The first-order chi connectivity index (χ1) is 8.08. The van der Waals surface area contributed by atoms with Crippen LogP contribution in [0.5, 0.6) is 0 Å². The molecule has 0 aliphatic carbocycles. The summed E-state index contributed by atoms with van der Waals surface area (Å²) in [4.78, 5) is 2.64. The Bertz CT molecular complexity index is 115. The minimum absolute atomic E-state index is 1.32. The first-order valence-electron chi connectivity index (χ1n) is 6.55. The SMILES string of the molecule is CCCCN(CCCC)CCCC.[O-][I+2]([O-])O. The summed E-state index contributed by atoms with van der Waals surface area (Å²) in [5.74, 6) is 0. The molecule has 5 heteroatoms. The van der Waals surface area contributed by atoms with Crippen LogP contribution in [-0.4, -0.2) is 28.0 Å². The number of nitrogens with zero attached hydrogens (tertiary/aromatic N) is 1. The predicted octanol–water partition coefficient (Wildman–Crippen LogP) is -2.24. The van der Waals surface area contributed by atoms with Gasteiger partial charge in [-0.25, -0.2) is 0 Å². The fraction of sp³-hybridized carbons (Fsp3) is 1.00. The molecule has 0 saturated heterocycles. The van der Waals surface area contributed by atoms with Gasteiger partial charge in [-0.3, -0.25) is 0 Å². The Hall–Kier alpha value is 0.570. The molecule has 0 heterocycles. The molecule has 0 amide bonds. The Labute approximate surface area is 115 Å². The molecule has 0 saturated carbocycles. The van der Waals surface area contributed by atoms with Crippen LogP contribution in [0, 0.1) is 0 Å². The molecule has 0 aromatic rings. The zero-order valence-corrected chi connectivity index (χ0v) is 13.6. The van der Waals surface area contributed by atoms with Crippen molar-refractivity contribution in [3.8, 4) is 0 Å². The summed E-state index contributed by atoms with van der Waals surface area (Å²) in [5.41, 5.74) is 0. The first-order valence-corrected chi connectivity index (χ1v) is 9.27. The summed E-state index contributed by atoms with van der Waals surface area (Å²) < 4.78 is 24.5. The topological polar surface area (TPSA) is 69.6 Å². The molecule has 0 aromatic heterocycles. The van der Waals surface area contributed by atoms with Crippen molar-refractivity contribution in [2.75, 3.05) is 19.6 Å². The van der Waals surface area contributed by atoms with E-state index >= 15 is 0 Å². The monoisotopic (exact) mass is 361 g/mol. The van der Waals surface area contributed by atoms with Crippen LogP contribution in [0.15, 0.2) is 0 Å². The van der Waals surface area contributed by atoms with Crippen molar-refractivity contribution in [1.29, 1.82) is 0 Å². The van der Waals surface area contributed by atoms with Crippen LogP contribution < -0.4 is 27.9 Å². The van der Waals surface area contributed by atoms with Crippen LogP contribution in [0.4, 0.5) is 0 Å². The van der Waals surface area contributed by atoms with Crippen molar-refractivity contribution in [2.45, 2.75) is 59.3 Å². The van der Waals surface area contributed by atoms with Gasteiger partial charge in [0.1, 0.15) is 0 Å². The van der Waals surface area contributed by atoms with E-state index in [2.05, 4.69) is 25.7 Å². The van der Waals surface area contributed by atoms with Gasteiger partial charge in [0, 0.05) is 0 Å². The minimum Gasteiger partial charge on any atom is -0.396 e. The minimum atomic E-state index is -3.76. The fourth-order valence-electron chi connectivity index (χ4n) is 1.48. The van der Waals surface area contributed by atoms with Crippen molar-refractivity contribution >= 4 is 0 Å². The van der Waals surface area contributed by atoms with E-state index in [4.69, 9.17) is 10.3 Å². The van der Waals surface area contributed by atoms with Crippen molar-refractivity contribution in [3.63, 3.8) is 0 Å². The van der Waals surface area contributed by atoms with Crippen molar-refractivity contribution in [3.05, 3.63) is 0 Å². The number of unbranched alkanes of at least 4 members (excludes halogenated alkanes) is 3. The Morgan fingerprint density at radius 1 is 0.824 bits per heavy atom. The summed E-state index contributed by atoms with van der Waals surface area (Å²) in [6.07, 6.45) is 8.09. The van der Waals surface area contributed by atoms with Gasteiger partial charge in [0.25, 0.3) is 0 Å². The second kappa shape index (κ2) is 16.6. The van der Waals surface area contributed by atoms with Gasteiger partial charge >= 0.3 is 21.1 Å². The van der Waals surface area contributed by atoms with Crippen LogP contribution in [0.2, 0.25) is 0 Å². The quantitative estimate of drug-likeness (QED) is 0.472. The Morgan fingerprint density at radius 3 is 1.24 bits per heavy atom. The number of halogens is 1. The third-order valence-electron chi connectivity index (χ3n) is 2.48. The molecule has 0 rings (SSSR count). The Kier molecular flexibility index (Phi) is 19.4. The van der Waals surface area contributed by atoms with Crippen LogP contribution >= 0.6 is 0 Å². The third kappa shape index (κ3) is 22.3. The summed E-state index contributed by atoms with van der Waals surface area (Å²) in [5, 5.41) is 0. The molecule has 0 aliphatic rings.